The van der Waals surface area contributed by atoms with E-state index in [-0.39, 0.29) is 12.0 Å². The number of nitrogens with zero attached hydrogens (tertiary/aromatic N) is 2. The molecule has 0 aromatic carbocycles. The van der Waals surface area contributed by atoms with E-state index in [0.29, 0.717) is 6.61 Å². The fraction of sp³-hybridized carbons (Fsp3) is 0.933. The summed E-state index contributed by atoms with van der Waals surface area (Å²) >= 11 is 0. The van der Waals surface area contributed by atoms with Crippen molar-refractivity contribution in [2.24, 2.45) is 0 Å². The molecule has 0 rings (SSSR count). The SMILES string of the molecule is CCCNC(CN(CC)CCCN(C)C)C(=O)OCC. The van der Waals surface area contributed by atoms with E-state index in [1.807, 2.05) is 6.92 Å². The molecule has 0 saturated carbocycles. The van der Waals surface area contributed by atoms with Gasteiger partial charge in [0.05, 0.1) is 6.61 Å². The van der Waals surface area contributed by atoms with Crippen LogP contribution in [0.2, 0.25) is 0 Å². The Morgan fingerprint density at radius 1 is 1.20 bits per heavy atom. The first-order chi connectivity index (χ1) is 9.54. The highest BCUT2D eigenvalue weighted by Crippen LogP contribution is 1.99. The van der Waals surface area contributed by atoms with E-state index < -0.39 is 0 Å². The largest absolute Gasteiger partial charge is 0.465 e. The summed E-state index contributed by atoms with van der Waals surface area (Å²) in [6.07, 6.45) is 2.13. The Balaban J connectivity index is 4.30. The van der Waals surface area contributed by atoms with E-state index in [9.17, 15) is 4.79 Å². The Morgan fingerprint density at radius 3 is 2.40 bits per heavy atom. The zero-order valence-electron chi connectivity index (χ0n) is 13.9. The maximum atomic E-state index is 12.0. The second kappa shape index (κ2) is 12.1. The lowest BCUT2D eigenvalue weighted by Crippen LogP contribution is -2.47. The molecule has 0 radical (unpaired) electrons. The summed E-state index contributed by atoms with van der Waals surface area (Å²) in [7, 11) is 4.17. The highest BCUT2D eigenvalue weighted by atomic mass is 16.5. The lowest BCUT2D eigenvalue weighted by molar-refractivity contribution is -0.146. The minimum Gasteiger partial charge on any atom is -0.465 e. The number of likely N-dealkylation sites (N-methyl/N-ethyl adjacent to an activating group) is 1. The van der Waals surface area contributed by atoms with Gasteiger partial charge < -0.3 is 19.9 Å². The van der Waals surface area contributed by atoms with Crippen molar-refractivity contribution in [1.82, 2.24) is 15.1 Å². The lowest BCUT2D eigenvalue weighted by atomic mass is 10.2. The minimum absolute atomic E-state index is 0.132. The van der Waals surface area contributed by atoms with Gasteiger partial charge in [-0.1, -0.05) is 13.8 Å². The van der Waals surface area contributed by atoms with Gasteiger partial charge in [-0.2, -0.15) is 0 Å². The molecular weight excluding hydrogens is 254 g/mol. The Kier molecular flexibility index (Phi) is 11.7. The molecule has 0 aliphatic heterocycles. The Morgan fingerprint density at radius 2 is 1.90 bits per heavy atom. The molecule has 120 valence electrons. The predicted molar refractivity (Wildman–Crippen MR) is 84.0 cm³/mol. The molecule has 0 saturated heterocycles. The predicted octanol–water partition coefficient (Wildman–Crippen LogP) is 1.19. The number of hydrogen-bond acceptors (Lipinski definition) is 5. The molecule has 0 spiro atoms. The minimum atomic E-state index is -0.214. The molecule has 0 heterocycles. The third-order valence-corrected chi connectivity index (χ3v) is 3.18. The Hall–Kier alpha value is -0.650. The average molecular weight is 287 g/mol. The van der Waals surface area contributed by atoms with Crippen molar-refractivity contribution >= 4 is 5.97 Å². The highest BCUT2D eigenvalue weighted by molar-refractivity contribution is 5.76. The van der Waals surface area contributed by atoms with E-state index in [1.165, 1.54) is 0 Å². The number of ether oxygens (including phenoxy) is 1. The van der Waals surface area contributed by atoms with Crippen LogP contribution in [0.1, 0.15) is 33.6 Å². The molecule has 1 atom stereocenters. The summed E-state index contributed by atoms with van der Waals surface area (Å²) in [5, 5.41) is 3.29. The second-order valence-corrected chi connectivity index (χ2v) is 5.31. The summed E-state index contributed by atoms with van der Waals surface area (Å²) < 4.78 is 5.15. The van der Waals surface area contributed by atoms with Crippen LogP contribution in [0.15, 0.2) is 0 Å². The topological polar surface area (TPSA) is 44.8 Å². The number of esters is 1. The molecule has 0 aliphatic carbocycles. The fourth-order valence-electron chi connectivity index (χ4n) is 2.03. The standard InChI is InChI=1S/C15H33N3O2/c1-6-10-16-14(15(19)20-8-3)13-18(7-2)12-9-11-17(4)5/h14,16H,6-13H2,1-5H3. The average Bonchev–Trinajstić information content (AvgIpc) is 2.41. The van der Waals surface area contributed by atoms with Crippen molar-refractivity contribution in [3.63, 3.8) is 0 Å². The van der Waals surface area contributed by atoms with E-state index >= 15 is 0 Å². The van der Waals surface area contributed by atoms with Crippen molar-refractivity contribution in [2.75, 3.05) is 53.4 Å². The molecule has 0 aromatic heterocycles. The second-order valence-electron chi connectivity index (χ2n) is 5.31. The summed E-state index contributed by atoms with van der Waals surface area (Å²) in [6, 6.07) is -0.214. The van der Waals surface area contributed by atoms with E-state index in [4.69, 9.17) is 4.74 Å². The van der Waals surface area contributed by atoms with Gasteiger partial charge in [-0.15, -0.1) is 0 Å². The molecule has 20 heavy (non-hydrogen) atoms. The zero-order chi connectivity index (χ0) is 15.4. The number of carbonyl (C=O) groups is 1. The first-order valence-electron chi connectivity index (χ1n) is 7.82. The maximum Gasteiger partial charge on any atom is 0.324 e. The van der Waals surface area contributed by atoms with E-state index in [0.717, 1.165) is 45.6 Å². The van der Waals surface area contributed by atoms with Gasteiger partial charge in [0.15, 0.2) is 0 Å². The molecule has 0 fully saturated rings. The quantitative estimate of drug-likeness (QED) is 0.546. The number of carbonyl (C=O) groups excluding carboxylic acids is 1. The summed E-state index contributed by atoms with van der Waals surface area (Å²) in [5.74, 6) is -0.132. The summed E-state index contributed by atoms with van der Waals surface area (Å²) in [4.78, 5) is 16.5. The molecule has 1 unspecified atom stereocenters. The van der Waals surface area contributed by atoms with Crippen molar-refractivity contribution in [3.05, 3.63) is 0 Å². The van der Waals surface area contributed by atoms with Crippen LogP contribution in [-0.4, -0.2) is 75.2 Å². The third kappa shape index (κ3) is 9.28. The third-order valence-electron chi connectivity index (χ3n) is 3.18. The lowest BCUT2D eigenvalue weighted by Gasteiger charge is -2.26. The fourth-order valence-corrected chi connectivity index (χ4v) is 2.03. The van der Waals surface area contributed by atoms with Crippen LogP contribution in [0, 0.1) is 0 Å². The highest BCUT2D eigenvalue weighted by Gasteiger charge is 2.21. The summed E-state index contributed by atoms with van der Waals surface area (Å²) in [6.45, 7) is 11.1. The smallest absolute Gasteiger partial charge is 0.324 e. The van der Waals surface area contributed by atoms with Gasteiger partial charge in [-0.05, 0) is 60.0 Å². The van der Waals surface area contributed by atoms with E-state index in [1.54, 1.807) is 0 Å². The normalized spacial score (nSPS) is 12.9. The van der Waals surface area contributed by atoms with Crippen LogP contribution in [0.4, 0.5) is 0 Å². The Labute approximate surface area is 124 Å². The van der Waals surface area contributed by atoms with Crippen molar-refractivity contribution < 1.29 is 9.53 Å². The Bertz CT molecular complexity index is 247. The number of hydrogen-bond donors (Lipinski definition) is 1. The molecule has 0 bridgehead atoms. The molecular formula is C15H33N3O2. The van der Waals surface area contributed by atoms with Gasteiger partial charge in [-0.25, -0.2) is 0 Å². The van der Waals surface area contributed by atoms with Gasteiger partial charge in [0.2, 0.25) is 0 Å². The van der Waals surface area contributed by atoms with Crippen LogP contribution >= 0.6 is 0 Å². The first-order valence-corrected chi connectivity index (χ1v) is 7.82. The molecule has 0 aromatic rings. The van der Waals surface area contributed by atoms with Crippen molar-refractivity contribution in [1.29, 1.82) is 0 Å². The molecule has 1 N–H and O–H groups in total. The number of rotatable bonds is 12. The van der Waals surface area contributed by atoms with Crippen LogP contribution in [-0.2, 0) is 9.53 Å². The van der Waals surface area contributed by atoms with E-state index in [2.05, 4.69) is 43.1 Å². The van der Waals surface area contributed by atoms with Gasteiger partial charge in [-0.3, -0.25) is 4.79 Å². The monoisotopic (exact) mass is 287 g/mol. The van der Waals surface area contributed by atoms with Gasteiger partial charge in [0.25, 0.3) is 0 Å². The first kappa shape index (κ1) is 19.4. The van der Waals surface area contributed by atoms with Crippen LogP contribution in [0.25, 0.3) is 0 Å². The number of nitrogens with one attached hydrogen (secondary N) is 1. The van der Waals surface area contributed by atoms with Crippen LogP contribution in [0.3, 0.4) is 0 Å². The van der Waals surface area contributed by atoms with Crippen molar-refractivity contribution in [2.45, 2.75) is 39.7 Å². The molecule has 0 amide bonds. The van der Waals surface area contributed by atoms with Crippen LogP contribution < -0.4 is 5.32 Å². The maximum absolute atomic E-state index is 12.0. The van der Waals surface area contributed by atoms with Gasteiger partial charge in [0, 0.05) is 6.54 Å². The van der Waals surface area contributed by atoms with Gasteiger partial charge in [0.1, 0.15) is 6.04 Å². The van der Waals surface area contributed by atoms with Gasteiger partial charge >= 0.3 is 5.97 Å². The zero-order valence-corrected chi connectivity index (χ0v) is 13.9. The van der Waals surface area contributed by atoms with Crippen molar-refractivity contribution in [3.8, 4) is 0 Å². The van der Waals surface area contributed by atoms with Crippen LogP contribution in [0.5, 0.6) is 0 Å². The summed E-state index contributed by atoms with van der Waals surface area (Å²) in [5.41, 5.74) is 0. The molecule has 0 aliphatic rings. The molecule has 5 nitrogen and oxygen atoms in total. The molecule has 5 heteroatoms.